The Morgan fingerprint density at radius 2 is 1.21 bits per heavy atom. The Morgan fingerprint density at radius 1 is 0.786 bits per heavy atom. The number of fused-ring (bicyclic) bond motifs is 1. The van der Waals surface area contributed by atoms with Crippen LogP contribution in [0.25, 0.3) is 0 Å². The number of ether oxygens (including phenoxy) is 2. The van der Waals surface area contributed by atoms with Crippen LogP contribution in [0.15, 0.2) is 0 Å². The van der Waals surface area contributed by atoms with Gasteiger partial charge in [0.25, 0.3) is 0 Å². The van der Waals surface area contributed by atoms with Gasteiger partial charge >= 0.3 is 0 Å². The van der Waals surface area contributed by atoms with E-state index < -0.39 is 0 Å². The third kappa shape index (κ3) is 1.96. The molecule has 2 nitrogen and oxygen atoms in total. The first-order valence-corrected chi connectivity index (χ1v) is 5.90. The first-order chi connectivity index (χ1) is 6.85. The largest absolute Gasteiger partial charge is 0.379 e. The van der Waals surface area contributed by atoms with Gasteiger partial charge in [0.05, 0.1) is 12.2 Å². The average Bonchev–Trinajstić information content (AvgIpc) is 2.27. The van der Waals surface area contributed by atoms with Crippen molar-refractivity contribution >= 4 is 0 Å². The molecule has 0 aromatic rings. The average molecular weight is 198 g/mol. The Morgan fingerprint density at radius 3 is 1.57 bits per heavy atom. The third-order valence-electron chi connectivity index (χ3n) is 4.16. The van der Waals surface area contributed by atoms with Crippen molar-refractivity contribution in [1.82, 2.24) is 0 Å². The summed E-state index contributed by atoms with van der Waals surface area (Å²) in [6.45, 7) is 0. The number of hydrogen-bond acceptors (Lipinski definition) is 2. The van der Waals surface area contributed by atoms with Crippen LogP contribution >= 0.6 is 0 Å². The molecule has 0 aromatic carbocycles. The van der Waals surface area contributed by atoms with E-state index in [0.29, 0.717) is 12.2 Å². The van der Waals surface area contributed by atoms with Gasteiger partial charge in [-0.25, -0.2) is 0 Å². The molecule has 0 radical (unpaired) electrons. The summed E-state index contributed by atoms with van der Waals surface area (Å²) in [6, 6.07) is 0. The quantitative estimate of drug-likeness (QED) is 0.679. The SMILES string of the molecule is CO[C@H]1C[C@H]2CCCC[C@H]2C[C@@H]1OC. The van der Waals surface area contributed by atoms with Gasteiger partial charge in [-0.3, -0.25) is 0 Å². The molecule has 2 aliphatic carbocycles. The highest BCUT2D eigenvalue weighted by atomic mass is 16.5. The number of methoxy groups -OCH3 is 2. The minimum Gasteiger partial charge on any atom is -0.379 e. The van der Waals surface area contributed by atoms with Crippen LogP contribution in [-0.4, -0.2) is 26.4 Å². The lowest BCUT2D eigenvalue weighted by Crippen LogP contribution is -2.42. The van der Waals surface area contributed by atoms with Crippen LogP contribution < -0.4 is 0 Å². The van der Waals surface area contributed by atoms with Crippen molar-refractivity contribution in [1.29, 1.82) is 0 Å². The maximum atomic E-state index is 5.52. The first-order valence-electron chi connectivity index (χ1n) is 5.90. The van der Waals surface area contributed by atoms with Gasteiger partial charge in [-0.2, -0.15) is 0 Å². The lowest BCUT2D eigenvalue weighted by atomic mass is 9.69. The zero-order valence-corrected chi connectivity index (χ0v) is 9.37. The minimum absolute atomic E-state index is 0.347. The van der Waals surface area contributed by atoms with Crippen molar-refractivity contribution in [2.45, 2.75) is 50.7 Å². The summed E-state index contributed by atoms with van der Waals surface area (Å²) in [5.41, 5.74) is 0. The second-order valence-corrected chi connectivity index (χ2v) is 4.82. The van der Waals surface area contributed by atoms with Crippen molar-refractivity contribution in [3.8, 4) is 0 Å². The molecule has 0 aromatic heterocycles. The van der Waals surface area contributed by atoms with Crippen LogP contribution in [0.3, 0.4) is 0 Å². The molecule has 0 saturated heterocycles. The van der Waals surface area contributed by atoms with E-state index in [-0.39, 0.29) is 0 Å². The predicted molar refractivity (Wildman–Crippen MR) is 56.3 cm³/mol. The van der Waals surface area contributed by atoms with Crippen LogP contribution in [0.4, 0.5) is 0 Å². The lowest BCUT2D eigenvalue weighted by Gasteiger charge is -2.42. The molecule has 0 heterocycles. The monoisotopic (exact) mass is 198 g/mol. The van der Waals surface area contributed by atoms with Crippen molar-refractivity contribution in [2.24, 2.45) is 11.8 Å². The fraction of sp³-hybridized carbons (Fsp3) is 1.00. The van der Waals surface area contributed by atoms with Gasteiger partial charge in [0, 0.05) is 14.2 Å². The summed E-state index contributed by atoms with van der Waals surface area (Å²) in [7, 11) is 3.64. The fourth-order valence-electron chi connectivity index (χ4n) is 3.30. The normalized spacial score (nSPS) is 43.3. The first kappa shape index (κ1) is 10.4. The van der Waals surface area contributed by atoms with Crippen molar-refractivity contribution in [3.05, 3.63) is 0 Å². The maximum Gasteiger partial charge on any atom is 0.0835 e. The third-order valence-corrected chi connectivity index (χ3v) is 4.16. The highest BCUT2D eigenvalue weighted by Gasteiger charge is 2.38. The summed E-state index contributed by atoms with van der Waals surface area (Å²) in [6.07, 6.45) is 8.82. The number of rotatable bonds is 2. The van der Waals surface area contributed by atoms with E-state index >= 15 is 0 Å². The molecule has 0 spiro atoms. The molecular weight excluding hydrogens is 176 g/mol. The van der Waals surface area contributed by atoms with Gasteiger partial charge in [0.1, 0.15) is 0 Å². The van der Waals surface area contributed by atoms with E-state index in [9.17, 15) is 0 Å². The van der Waals surface area contributed by atoms with Crippen LogP contribution in [0.5, 0.6) is 0 Å². The summed E-state index contributed by atoms with van der Waals surface area (Å²) < 4.78 is 11.0. The van der Waals surface area contributed by atoms with Crippen LogP contribution in [0.1, 0.15) is 38.5 Å². The van der Waals surface area contributed by atoms with E-state index in [0.717, 1.165) is 11.8 Å². The van der Waals surface area contributed by atoms with Crippen molar-refractivity contribution in [2.75, 3.05) is 14.2 Å². The Labute approximate surface area is 87.0 Å². The molecule has 0 N–H and O–H groups in total. The molecule has 0 amide bonds. The van der Waals surface area contributed by atoms with E-state index in [2.05, 4.69) is 0 Å². The zero-order chi connectivity index (χ0) is 9.97. The molecule has 0 unspecified atom stereocenters. The summed E-state index contributed by atoms with van der Waals surface area (Å²) >= 11 is 0. The van der Waals surface area contributed by atoms with Gasteiger partial charge in [0.15, 0.2) is 0 Å². The maximum absolute atomic E-state index is 5.52. The fourth-order valence-corrected chi connectivity index (χ4v) is 3.30. The molecule has 0 bridgehead atoms. The standard InChI is InChI=1S/C12H22O2/c1-13-11-7-9-5-3-4-6-10(9)8-12(11)14-2/h9-12H,3-8H2,1-2H3/t9-,10+,11-,12-/m0/s1. The molecule has 14 heavy (non-hydrogen) atoms. The molecule has 2 rings (SSSR count). The summed E-state index contributed by atoms with van der Waals surface area (Å²) in [4.78, 5) is 0. The van der Waals surface area contributed by atoms with Gasteiger partial charge < -0.3 is 9.47 Å². The van der Waals surface area contributed by atoms with Gasteiger partial charge in [-0.05, 0) is 24.7 Å². The Balaban J connectivity index is 1.98. The highest BCUT2D eigenvalue weighted by Crippen LogP contribution is 2.41. The molecule has 2 heteroatoms. The van der Waals surface area contributed by atoms with Crippen LogP contribution in [0, 0.1) is 11.8 Å². The lowest BCUT2D eigenvalue weighted by molar-refractivity contribution is -0.0934. The summed E-state index contributed by atoms with van der Waals surface area (Å²) in [5.74, 6) is 1.83. The Bertz CT molecular complexity index is 157. The molecule has 82 valence electrons. The van der Waals surface area contributed by atoms with E-state index in [1.807, 2.05) is 14.2 Å². The van der Waals surface area contributed by atoms with Gasteiger partial charge in [-0.1, -0.05) is 25.7 Å². The summed E-state index contributed by atoms with van der Waals surface area (Å²) in [5, 5.41) is 0. The highest BCUT2D eigenvalue weighted by molar-refractivity contribution is 4.89. The smallest absolute Gasteiger partial charge is 0.0835 e. The van der Waals surface area contributed by atoms with E-state index in [4.69, 9.17) is 9.47 Å². The predicted octanol–water partition coefficient (Wildman–Crippen LogP) is 2.62. The number of hydrogen-bond donors (Lipinski definition) is 0. The van der Waals surface area contributed by atoms with E-state index in [1.54, 1.807) is 0 Å². The van der Waals surface area contributed by atoms with Crippen LogP contribution in [-0.2, 0) is 9.47 Å². The van der Waals surface area contributed by atoms with Crippen molar-refractivity contribution < 1.29 is 9.47 Å². The Hall–Kier alpha value is -0.0800. The molecule has 0 aliphatic heterocycles. The molecule has 4 atom stereocenters. The second kappa shape index (κ2) is 4.63. The topological polar surface area (TPSA) is 18.5 Å². The van der Waals surface area contributed by atoms with Gasteiger partial charge in [0.2, 0.25) is 0 Å². The van der Waals surface area contributed by atoms with Gasteiger partial charge in [-0.15, -0.1) is 0 Å². The molecule has 2 saturated carbocycles. The van der Waals surface area contributed by atoms with Crippen molar-refractivity contribution in [3.63, 3.8) is 0 Å². The molecular formula is C12H22O2. The zero-order valence-electron chi connectivity index (χ0n) is 9.37. The van der Waals surface area contributed by atoms with Crippen LogP contribution in [0.2, 0.25) is 0 Å². The second-order valence-electron chi connectivity index (χ2n) is 4.82. The molecule has 2 aliphatic rings. The van der Waals surface area contributed by atoms with E-state index in [1.165, 1.54) is 38.5 Å². The molecule has 2 fully saturated rings. The Kier molecular flexibility index (Phi) is 3.45. The minimum atomic E-state index is 0.347.